The van der Waals surface area contributed by atoms with Crippen LogP contribution >= 0.6 is 11.6 Å². The maximum Gasteiger partial charge on any atom is 0.191 e. The van der Waals surface area contributed by atoms with E-state index in [4.69, 9.17) is 17.3 Å². The number of rotatable bonds is 3. The molecule has 1 aromatic rings. The van der Waals surface area contributed by atoms with E-state index in [-0.39, 0.29) is 5.41 Å². The summed E-state index contributed by atoms with van der Waals surface area (Å²) in [6.45, 7) is 7.14. The molecule has 0 atom stereocenters. The SMILES string of the molecule is CC(C)(CN=C(N)N1CCCCC1)c1ccc(Cl)cc1. The molecule has 0 saturated carbocycles. The summed E-state index contributed by atoms with van der Waals surface area (Å²) in [6.07, 6.45) is 3.74. The van der Waals surface area contributed by atoms with Crippen LogP contribution in [-0.2, 0) is 5.41 Å². The van der Waals surface area contributed by atoms with Gasteiger partial charge in [0.2, 0.25) is 0 Å². The highest BCUT2D eigenvalue weighted by Crippen LogP contribution is 2.25. The fourth-order valence-electron chi connectivity index (χ4n) is 2.49. The molecular weight excluding hydrogens is 270 g/mol. The van der Waals surface area contributed by atoms with Crippen LogP contribution in [0.2, 0.25) is 5.02 Å². The number of benzene rings is 1. The van der Waals surface area contributed by atoms with Gasteiger partial charge in [0.1, 0.15) is 0 Å². The second-order valence-electron chi connectivity index (χ2n) is 6.11. The van der Waals surface area contributed by atoms with Crippen LogP contribution in [0.3, 0.4) is 0 Å². The summed E-state index contributed by atoms with van der Waals surface area (Å²) in [5.74, 6) is 0.687. The number of nitrogens with two attached hydrogens (primary N) is 1. The van der Waals surface area contributed by atoms with Gasteiger partial charge in [-0.1, -0.05) is 37.6 Å². The Bertz CT molecular complexity index is 459. The average molecular weight is 294 g/mol. The van der Waals surface area contributed by atoms with Gasteiger partial charge in [0, 0.05) is 23.5 Å². The molecule has 0 unspecified atom stereocenters. The molecule has 1 fully saturated rings. The summed E-state index contributed by atoms with van der Waals surface area (Å²) in [7, 11) is 0. The van der Waals surface area contributed by atoms with E-state index in [1.165, 1.54) is 24.8 Å². The Labute approximate surface area is 126 Å². The van der Waals surface area contributed by atoms with Crippen molar-refractivity contribution in [1.29, 1.82) is 0 Å². The number of nitrogens with zero attached hydrogens (tertiary/aromatic N) is 2. The molecule has 1 heterocycles. The summed E-state index contributed by atoms with van der Waals surface area (Å²) in [4.78, 5) is 6.80. The van der Waals surface area contributed by atoms with Gasteiger partial charge in [-0.05, 0) is 37.0 Å². The highest BCUT2D eigenvalue weighted by Gasteiger charge is 2.21. The van der Waals surface area contributed by atoms with Gasteiger partial charge in [-0.3, -0.25) is 4.99 Å². The van der Waals surface area contributed by atoms with Gasteiger partial charge in [-0.2, -0.15) is 0 Å². The first-order chi connectivity index (χ1) is 9.49. The molecule has 1 aliphatic rings. The Kier molecular flexibility index (Phi) is 4.92. The van der Waals surface area contributed by atoms with Crippen LogP contribution in [0.4, 0.5) is 0 Å². The molecule has 0 bridgehead atoms. The Morgan fingerprint density at radius 3 is 2.40 bits per heavy atom. The fraction of sp³-hybridized carbons (Fsp3) is 0.562. The molecule has 0 amide bonds. The number of halogens is 1. The lowest BCUT2D eigenvalue weighted by Gasteiger charge is -2.29. The van der Waals surface area contributed by atoms with Gasteiger partial charge < -0.3 is 10.6 Å². The monoisotopic (exact) mass is 293 g/mol. The maximum atomic E-state index is 6.11. The lowest BCUT2D eigenvalue weighted by atomic mass is 9.85. The van der Waals surface area contributed by atoms with E-state index in [0.29, 0.717) is 12.5 Å². The minimum Gasteiger partial charge on any atom is -0.370 e. The number of aliphatic imine (C=N–C) groups is 1. The molecular formula is C16H24ClN3. The van der Waals surface area contributed by atoms with E-state index >= 15 is 0 Å². The third-order valence-corrected chi connectivity index (χ3v) is 4.19. The predicted molar refractivity (Wildman–Crippen MR) is 86.4 cm³/mol. The largest absolute Gasteiger partial charge is 0.370 e. The first kappa shape index (κ1) is 15.2. The third kappa shape index (κ3) is 3.89. The summed E-state index contributed by atoms with van der Waals surface area (Å²) >= 11 is 5.94. The smallest absolute Gasteiger partial charge is 0.191 e. The molecule has 0 radical (unpaired) electrons. The molecule has 0 spiro atoms. The second-order valence-corrected chi connectivity index (χ2v) is 6.55. The van der Waals surface area contributed by atoms with Crippen molar-refractivity contribution in [3.05, 3.63) is 34.9 Å². The van der Waals surface area contributed by atoms with E-state index in [2.05, 4.69) is 35.9 Å². The number of guanidine groups is 1. The van der Waals surface area contributed by atoms with Crippen LogP contribution in [0.1, 0.15) is 38.7 Å². The Morgan fingerprint density at radius 1 is 1.20 bits per heavy atom. The van der Waals surface area contributed by atoms with Crippen molar-refractivity contribution in [3.63, 3.8) is 0 Å². The molecule has 1 aromatic carbocycles. The molecule has 4 heteroatoms. The van der Waals surface area contributed by atoms with Gasteiger partial charge in [-0.25, -0.2) is 0 Å². The van der Waals surface area contributed by atoms with Crippen LogP contribution in [0.15, 0.2) is 29.3 Å². The second kappa shape index (κ2) is 6.49. The normalized spacial score (nSPS) is 17.4. The number of likely N-dealkylation sites (tertiary alicyclic amines) is 1. The van der Waals surface area contributed by atoms with Crippen molar-refractivity contribution >= 4 is 17.6 Å². The molecule has 3 nitrogen and oxygen atoms in total. The highest BCUT2D eigenvalue weighted by atomic mass is 35.5. The number of hydrogen-bond donors (Lipinski definition) is 1. The number of piperidine rings is 1. The zero-order valence-electron chi connectivity index (χ0n) is 12.4. The molecule has 110 valence electrons. The van der Waals surface area contributed by atoms with Crippen molar-refractivity contribution in [1.82, 2.24) is 4.90 Å². The van der Waals surface area contributed by atoms with Crippen LogP contribution < -0.4 is 5.73 Å². The minimum atomic E-state index is -0.0367. The van der Waals surface area contributed by atoms with E-state index < -0.39 is 0 Å². The molecule has 2 N–H and O–H groups in total. The number of hydrogen-bond acceptors (Lipinski definition) is 1. The minimum absolute atomic E-state index is 0.0367. The van der Waals surface area contributed by atoms with Gasteiger partial charge in [0.15, 0.2) is 5.96 Å². The van der Waals surface area contributed by atoms with E-state index in [1.54, 1.807) is 0 Å². The highest BCUT2D eigenvalue weighted by molar-refractivity contribution is 6.30. The molecule has 2 rings (SSSR count). The van der Waals surface area contributed by atoms with Crippen molar-refractivity contribution in [3.8, 4) is 0 Å². The van der Waals surface area contributed by atoms with Crippen LogP contribution in [0, 0.1) is 0 Å². The van der Waals surface area contributed by atoms with E-state index in [0.717, 1.165) is 18.1 Å². The Morgan fingerprint density at radius 2 is 1.80 bits per heavy atom. The third-order valence-electron chi connectivity index (χ3n) is 3.94. The Hall–Kier alpha value is -1.22. The van der Waals surface area contributed by atoms with Gasteiger partial charge >= 0.3 is 0 Å². The van der Waals surface area contributed by atoms with E-state index in [1.807, 2.05) is 12.1 Å². The molecule has 1 saturated heterocycles. The van der Waals surface area contributed by atoms with Gasteiger partial charge in [0.05, 0.1) is 6.54 Å². The summed E-state index contributed by atoms with van der Waals surface area (Å²) in [6, 6.07) is 7.98. The molecule has 0 aromatic heterocycles. The lowest BCUT2D eigenvalue weighted by Crippen LogP contribution is -2.41. The summed E-state index contributed by atoms with van der Waals surface area (Å²) in [5, 5.41) is 0.765. The Balaban J connectivity index is 2.01. The standard InChI is InChI=1S/C16H24ClN3/c1-16(2,13-6-8-14(17)9-7-13)12-19-15(18)20-10-4-3-5-11-20/h6-9H,3-5,10-12H2,1-2H3,(H2,18,19). The molecule has 0 aliphatic carbocycles. The van der Waals surface area contributed by atoms with Crippen molar-refractivity contribution in [2.24, 2.45) is 10.7 Å². The topological polar surface area (TPSA) is 41.6 Å². The van der Waals surface area contributed by atoms with Gasteiger partial charge in [-0.15, -0.1) is 0 Å². The van der Waals surface area contributed by atoms with Crippen molar-refractivity contribution in [2.75, 3.05) is 19.6 Å². The van der Waals surface area contributed by atoms with Crippen molar-refractivity contribution < 1.29 is 0 Å². The van der Waals surface area contributed by atoms with Crippen LogP contribution in [0.25, 0.3) is 0 Å². The first-order valence-corrected chi connectivity index (χ1v) is 7.68. The van der Waals surface area contributed by atoms with Gasteiger partial charge in [0.25, 0.3) is 0 Å². The zero-order chi connectivity index (χ0) is 14.6. The van der Waals surface area contributed by atoms with Crippen molar-refractivity contribution in [2.45, 2.75) is 38.5 Å². The predicted octanol–water partition coefficient (Wildman–Crippen LogP) is 3.42. The average Bonchev–Trinajstić information content (AvgIpc) is 2.46. The summed E-state index contributed by atoms with van der Waals surface area (Å²) < 4.78 is 0. The molecule has 20 heavy (non-hydrogen) atoms. The van der Waals surface area contributed by atoms with E-state index in [9.17, 15) is 0 Å². The van der Waals surface area contributed by atoms with Crippen LogP contribution in [0.5, 0.6) is 0 Å². The lowest BCUT2D eigenvalue weighted by molar-refractivity contribution is 0.337. The summed E-state index contributed by atoms with van der Waals surface area (Å²) in [5.41, 5.74) is 7.31. The quantitative estimate of drug-likeness (QED) is 0.685. The first-order valence-electron chi connectivity index (χ1n) is 7.30. The van der Waals surface area contributed by atoms with Crippen LogP contribution in [-0.4, -0.2) is 30.5 Å². The maximum absolute atomic E-state index is 6.11. The fourth-order valence-corrected chi connectivity index (χ4v) is 2.62. The zero-order valence-corrected chi connectivity index (χ0v) is 13.2. The molecule has 1 aliphatic heterocycles.